The summed E-state index contributed by atoms with van der Waals surface area (Å²) >= 11 is 0. The first-order valence-electron chi connectivity index (χ1n) is 8.16. The Morgan fingerprint density at radius 2 is 1.90 bits per heavy atom. The maximum absolute atomic E-state index is 6.76. The Hall–Kier alpha value is -1.06. The Morgan fingerprint density at radius 1 is 1.29 bits per heavy atom. The Balaban J connectivity index is 2.33. The normalized spacial score (nSPS) is 27.6. The van der Waals surface area contributed by atoms with Crippen LogP contribution in [0.3, 0.4) is 0 Å². The number of rotatable bonds is 5. The fourth-order valence-corrected chi connectivity index (χ4v) is 3.61. The third-order valence-corrected chi connectivity index (χ3v) is 5.16. The molecule has 3 nitrogen and oxygen atoms in total. The molecule has 0 spiro atoms. The van der Waals surface area contributed by atoms with Crippen LogP contribution in [0.4, 0.5) is 0 Å². The molecule has 1 aromatic rings. The number of para-hydroxylation sites is 1. The third kappa shape index (κ3) is 3.24. The highest BCUT2D eigenvalue weighted by Gasteiger charge is 2.42. The minimum absolute atomic E-state index is 0.0113. The van der Waals surface area contributed by atoms with E-state index in [9.17, 15) is 0 Å². The number of benzene rings is 1. The van der Waals surface area contributed by atoms with E-state index >= 15 is 0 Å². The molecular formula is C18H30N2O. The number of nitrogens with two attached hydrogens (primary N) is 1. The van der Waals surface area contributed by atoms with E-state index in [1.165, 1.54) is 12.8 Å². The number of nitrogens with zero attached hydrogens (tertiary/aromatic N) is 1. The molecule has 0 radical (unpaired) electrons. The van der Waals surface area contributed by atoms with Crippen molar-refractivity contribution in [2.24, 2.45) is 11.7 Å². The molecule has 0 saturated heterocycles. The number of ether oxygens (including phenoxy) is 1. The first-order chi connectivity index (χ1) is 10.0. The van der Waals surface area contributed by atoms with Gasteiger partial charge in [0.05, 0.1) is 12.6 Å². The highest BCUT2D eigenvalue weighted by Crippen LogP contribution is 2.44. The van der Waals surface area contributed by atoms with Gasteiger partial charge in [0.15, 0.2) is 0 Å². The second kappa shape index (κ2) is 6.80. The second-order valence-corrected chi connectivity index (χ2v) is 6.63. The summed E-state index contributed by atoms with van der Waals surface area (Å²) in [5.74, 6) is 1.75. The van der Waals surface area contributed by atoms with E-state index in [2.05, 4.69) is 38.1 Å². The van der Waals surface area contributed by atoms with Gasteiger partial charge in [-0.1, -0.05) is 25.1 Å². The lowest BCUT2D eigenvalue weighted by Gasteiger charge is -2.48. The molecule has 118 valence electrons. The zero-order valence-electron chi connectivity index (χ0n) is 13.9. The second-order valence-electron chi connectivity index (χ2n) is 6.63. The summed E-state index contributed by atoms with van der Waals surface area (Å²) < 4.78 is 5.80. The summed E-state index contributed by atoms with van der Waals surface area (Å²) in [5, 5.41) is 0. The molecule has 1 saturated carbocycles. The van der Waals surface area contributed by atoms with Crippen molar-refractivity contribution in [1.82, 2.24) is 4.90 Å². The van der Waals surface area contributed by atoms with E-state index in [1.807, 2.05) is 19.1 Å². The lowest BCUT2D eigenvalue weighted by atomic mass is 9.70. The van der Waals surface area contributed by atoms with E-state index in [4.69, 9.17) is 10.5 Å². The van der Waals surface area contributed by atoms with Crippen molar-refractivity contribution < 1.29 is 4.74 Å². The topological polar surface area (TPSA) is 38.5 Å². The van der Waals surface area contributed by atoms with Gasteiger partial charge in [-0.3, -0.25) is 0 Å². The van der Waals surface area contributed by atoms with Gasteiger partial charge in [0.2, 0.25) is 0 Å². The van der Waals surface area contributed by atoms with E-state index in [0.717, 1.165) is 30.1 Å². The predicted octanol–water partition coefficient (Wildman–Crippen LogP) is 3.60. The zero-order valence-corrected chi connectivity index (χ0v) is 13.9. The molecule has 3 heteroatoms. The molecule has 1 atom stereocenters. The SMILES string of the molecule is CCOc1ccccc1C(N)C1(N(C)C)CCC(C)CC1. The number of hydrogen-bond donors (Lipinski definition) is 1. The maximum Gasteiger partial charge on any atom is 0.124 e. The van der Waals surface area contributed by atoms with Crippen LogP contribution in [-0.2, 0) is 0 Å². The number of likely N-dealkylation sites (N-methyl/N-ethyl adjacent to an activating group) is 1. The highest BCUT2D eigenvalue weighted by atomic mass is 16.5. The van der Waals surface area contributed by atoms with Crippen LogP contribution in [0.15, 0.2) is 24.3 Å². The van der Waals surface area contributed by atoms with Gasteiger partial charge in [-0.25, -0.2) is 0 Å². The fourth-order valence-electron chi connectivity index (χ4n) is 3.61. The average molecular weight is 290 g/mol. The van der Waals surface area contributed by atoms with Crippen LogP contribution < -0.4 is 10.5 Å². The molecule has 0 heterocycles. The molecule has 0 aromatic heterocycles. The summed E-state index contributed by atoms with van der Waals surface area (Å²) in [4.78, 5) is 2.34. The van der Waals surface area contributed by atoms with E-state index in [1.54, 1.807) is 0 Å². The Labute approximate surface area is 129 Å². The smallest absolute Gasteiger partial charge is 0.124 e. The van der Waals surface area contributed by atoms with Gasteiger partial charge in [-0.2, -0.15) is 0 Å². The van der Waals surface area contributed by atoms with Gasteiger partial charge in [0, 0.05) is 11.1 Å². The van der Waals surface area contributed by atoms with Crippen molar-refractivity contribution in [3.63, 3.8) is 0 Å². The largest absolute Gasteiger partial charge is 0.494 e. The van der Waals surface area contributed by atoms with E-state index in [0.29, 0.717) is 6.61 Å². The Kier molecular flexibility index (Phi) is 5.28. The van der Waals surface area contributed by atoms with Gasteiger partial charge in [-0.15, -0.1) is 0 Å². The van der Waals surface area contributed by atoms with Gasteiger partial charge in [0.1, 0.15) is 5.75 Å². The number of hydrogen-bond acceptors (Lipinski definition) is 3. The fraction of sp³-hybridized carbons (Fsp3) is 0.667. The minimum Gasteiger partial charge on any atom is -0.494 e. The van der Waals surface area contributed by atoms with Crippen LogP contribution in [0.2, 0.25) is 0 Å². The summed E-state index contributed by atoms with van der Waals surface area (Å²) in [6.45, 7) is 5.04. The molecule has 1 unspecified atom stereocenters. The molecule has 1 fully saturated rings. The molecule has 0 bridgehead atoms. The molecular weight excluding hydrogens is 260 g/mol. The molecule has 1 aliphatic rings. The first-order valence-corrected chi connectivity index (χ1v) is 8.16. The monoisotopic (exact) mass is 290 g/mol. The summed E-state index contributed by atoms with van der Waals surface area (Å²) in [6, 6.07) is 8.23. The first kappa shape index (κ1) is 16.3. The molecule has 2 N–H and O–H groups in total. The molecule has 0 aliphatic heterocycles. The van der Waals surface area contributed by atoms with Crippen molar-refractivity contribution in [1.29, 1.82) is 0 Å². The van der Waals surface area contributed by atoms with Crippen LogP contribution in [0, 0.1) is 5.92 Å². The molecule has 0 amide bonds. The quantitative estimate of drug-likeness (QED) is 0.900. The third-order valence-electron chi connectivity index (χ3n) is 5.16. The van der Waals surface area contributed by atoms with Crippen molar-refractivity contribution in [3.8, 4) is 5.75 Å². The lowest BCUT2D eigenvalue weighted by Crippen LogP contribution is -2.54. The van der Waals surface area contributed by atoms with Gasteiger partial charge < -0.3 is 15.4 Å². The van der Waals surface area contributed by atoms with Crippen molar-refractivity contribution in [2.45, 2.75) is 51.1 Å². The molecule has 21 heavy (non-hydrogen) atoms. The van der Waals surface area contributed by atoms with Crippen LogP contribution in [0.5, 0.6) is 5.75 Å². The van der Waals surface area contributed by atoms with E-state index in [-0.39, 0.29) is 11.6 Å². The van der Waals surface area contributed by atoms with Crippen molar-refractivity contribution >= 4 is 0 Å². The molecule has 1 aliphatic carbocycles. The van der Waals surface area contributed by atoms with Crippen molar-refractivity contribution in [3.05, 3.63) is 29.8 Å². The maximum atomic E-state index is 6.76. The standard InChI is InChI=1S/C18H30N2O/c1-5-21-16-9-7-6-8-15(16)17(19)18(20(3)4)12-10-14(2)11-13-18/h6-9,14,17H,5,10-13,19H2,1-4H3. The van der Waals surface area contributed by atoms with Gasteiger partial charge in [0.25, 0.3) is 0 Å². The van der Waals surface area contributed by atoms with E-state index < -0.39 is 0 Å². The van der Waals surface area contributed by atoms with Crippen molar-refractivity contribution in [2.75, 3.05) is 20.7 Å². The average Bonchev–Trinajstić information content (AvgIpc) is 2.48. The summed E-state index contributed by atoms with van der Waals surface area (Å²) in [5.41, 5.74) is 7.94. The Morgan fingerprint density at radius 3 is 2.48 bits per heavy atom. The van der Waals surface area contributed by atoms with Gasteiger partial charge in [-0.05, 0) is 58.7 Å². The van der Waals surface area contributed by atoms with Crippen LogP contribution in [-0.4, -0.2) is 31.1 Å². The molecule has 1 aromatic carbocycles. The van der Waals surface area contributed by atoms with Crippen LogP contribution >= 0.6 is 0 Å². The highest BCUT2D eigenvalue weighted by molar-refractivity contribution is 5.38. The van der Waals surface area contributed by atoms with Crippen LogP contribution in [0.1, 0.15) is 51.1 Å². The molecule has 2 rings (SSSR count). The predicted molar refractivity (Wildman–Crippen MR) is 88.6 cm³/mol. The summed E-state index contributed by atoms with van der Waals surface area (Å²) in [6.07, 6.45) is 4.82. The minimum atomic E-state index is -0.0113. The lowest BCUT2D eigenvalue weighted by molar-refractivity contribution is 0.0555. The van der Waals surface area contributed by atoms with Crippen LogP contribution in [0.25, 0.3) is 0 Å². The van der Waals surface area contributed by atoms with Gasteiger partial charge >= 0.3 is 0 Å². The Bertz CT molecular complexity index is 450. The summed E-state index contributed by atoms with van der Waals surface area (Å²) in [7, 11) is 4.33. The zero-order chi connectivity index (χ0) is 15.5.